The summed E-state index contributed by atoms with van der Waals surface area (Å²) in [6.07, 6.45) is 7.56. The van der Waals surface area contributed by atoms with E-state index in [2.05, 4.69) is 198 Å². The number of nitriles is 1. The van der Waals surface area contributed by atoms with Gasteiger partial charge in [0.2, 0.25) is 0 Å². The van der Waals surface area contributed by atoms with Gasteiger partial charge in [0.15, 0.2) is 0 Å². The lowest BCUT2D eigenvalue weighted by atomic mass is 9.90. The third kappa shape index (κ3) is 5.73. The molecule has 0 bridgehead atoms. The molecule has 8 aromatic carbocycles. The molecule has 2 heterocycles. The van der Waals surface area contributed by atoms with Gasteiger partial charge in [0.05, 0.1) is 33.7 Å². The van der Waals surface area contributed by atoms with Crippen LogP contribution in [0.15, 0.2) is 207 Å². The van der Waals surface area contributed by atoms with Crippen molar-refractivity contribution < 1.29 is 0 Å². The van der Waals surface area contributed by atoms with Gasteiger partial charge in [-0.2, -0.15) is 5.26 Å². The Bertz CT molecular complexity index is 3430. The monoisotopic (exact) mass is 751 g/mol. The Balaban J connectivity index is 1.03. The van der Waals surface area contributed by atoms with E-state index in [4.69, 9.17) is 0 Å². The molecule has 0 unspecified atom stereocenters. The van der Waals surface area contributed by atoms with Crippen LogP contribution in [0.2, 0.25) is 0 Å². The second-order valence-electron chi connectivity index (χ2n) is 15.3. The van der Waals surface area contributed by atoms with Crippen LogP contribution < -0.4 is 0 Å². The van der Waals surface area contributed by atoms with Crippen molar-refractivity contribution in [2.75, 3.05) is 0 Å². The summed E-state index contributed by atoms with van der Waals surface area (Å²) in [5, 5.41) is 14.2. The van der Waals surface area contributed by atoms with E-state index >= 15 is 0 Å². The van der Waals surface area contributed by atoms with Crippen LogP contribution in [0.3, 0.4) is 0 Å². The summed E-state index contributed by atoms with van der Waals surface area (Å²) >= 11 is 0. The van der Waals surface area contributed by atoms with Crippen LogP contribution in [0.4, 0.5) is 0 Å². The first-order valence-electron chi connectivity index (χ1n) is 20.1. The van der Waals surface area contributed by atoms with Gasteiger partial charge in [-0.3, -0.25) is 0 Å². The largest absolute Gasteiger partial charge is 0.310 e. The first-order chi connectivity index (χ1) is 29.1. The highest BCUT2D eigenvalue weighted by molar-refractivity contribution is 6.13. The normalized spacial score (nSPS) is 14.2. The van der Waals surface area contributed by atoms with Gasteiger partial charge in [0.25, 0.3) is 0 Å². The maximum atomic E-state index is 9.33. The Labute approximate surface area is 343 Å². The summed E-state index contributed by atoms with van der Waals surface area (Å²) in [5.74, 6) is 0. The molecule has 10 aromatic rings. The fourth-order valence-corrected chi connectivity index (χ4v) is 9.11. The van der Waals surface area contributed by atoms with Gasteiger partial charge < -0.3 is 9.13 Å². The van der Waals surface area contributed by atoms with Crippen molar-refractivity contribution in [2.24, 2.45) is 0 Å². The van der Waals surface area contributed by atoms with E-state index in [9.17, 15) is 5.26 Å². The van der Waals surface area contributed by atoms with Gasteiger partial charge in [0, 0.05) is 32.9 Å². The van der Waals surface area contributed by atoms with E-state index in [0.717, 1.165) is 51.1 Å². The minimum Gasteiger partial charge on any atom is -0.310 e. The number of nitrogens with zero attached hydrogens (tertiary/aromatic N) is 3. The lowest BCUT2D eigenvalue weighted by Crippen LogP contribution is -1.99. The molecular formula is C56H37N3. The van der Waals surface area contributed by atoms with Crippen molar-refractivity contribution in [3.63, 3.8) is 0 Å². The fourth-order valence-electron chi connectivity index (χ4n) is 9.11. The number of aromatic nitrogens is 2. The standard InChI is InChI=1S/C56H37N3/c1-37-21-29-44(30-26-40-11-2-3-15-47(40)48-16-5-4-14-46(37)48)58-53-19-8-6-17-49(53)51-34-42(27-31-55(51)58)43-28-32-56-52(35-43)50-18-7-9-20-54(50)59(56)45-13-10-12-41(33-45)39-24-22-38(36-57)23-25-39/h2-25,27-35H,1,26H2/b29-21-,44-30+. The van der Waals surface area contributed by atoms with E-state index in [1.54, 1.807) is 0 Å². The van der Waals surface area contributed by atoms with Crippen LogP contribution in [0.25, 0.3) is 93.9 Å². The van der Waals surface area contributed by atoms with Crippen molar-refractivity contribution in [3.8, 4) is 45.1 Å². The van der Waals surface area contributed by atoms with E-state index in [1.165, 1.54) is 60.4 Å². The molecule has 0 aliphatic heterocycles. The molecule has 1 aliphatic rings. The average molecular weight is 752 g/mol. The summed E-state index contributed by atoms with van der Waals surface area (Å²) < 4.78 is 4.78. The van der Waals surface area contributed by atoms with Gasteiger partial charge in [-0.15, -0.1) is 0 Å². The molecule has 0 saturated heterocycles. The molecule has 0 radical (unpaired) electrons. The Morgan fingerprint density at radius 1 is 0.441 bits per heavy atom. The highest BCUT2D eigenvalue weighted by atomic mass is 15.0. The summed E-state index contributed by atoms with van der Waals surface area (Å²) in [7, 11) is 0. The number of benzene rings is 8. The van der Waals surface area contributed by atoms with Crippen molar-refractivity contribution >= 4 is 54.9 Å². The molecule has 3 heteroatoms. The van der Waals surface area contributed by atoms with E-state index in [0.29, 0.717) is 5.56 Å². The molecule has 0 fully saturated rings. The zero-order valence-electron chi connectivity index (χ0n) is 32.3. The predicted octanol–water partition coefficient (Wildman–Crippen LogP) is 14.4. The third-order valence-corrected chi connectivity index (χ3v) is 12.0. The number of fused-ring (bicyclic) bond motifs is 9. The second kappa shape index (κ2) is 13.9. The molecule has 2 aromatic heterocycles. The summed E-state index contributed by atoms with van der Waals surface area (Å²) in [5.41, 5.74) is 18.0. The topological polar surface area (TPSA) is 33.6 Å². The number of allylic oxidation sites excluding steroid dienone is 5. The van der Waals surface area contributed by atoms with Crippen LogP contribution in [0.1, 0.15) is 16.7 Å². The lowest BCUT2D eigenvalue weighted by Gasteiger charge is -2.17. The number of rotatable bonds is 4. The fraction of sp³-hybridized carbons (Fsp3) is 0.0179. The molecule has 0 spiro atoms. The van der Waals surface area contributed by atoms with Gasteiger partial charge in [0.1, 0.15) is 0 Å². The van der Waals surface area contributed by atoms with Crippen LogP contribution in [0, 0.1) is 11.3 Å². The van der Waals surface area contributed by atoms with Gasteiger partial charge in [-0.1, -0.05) is 140 Å². The molecule has 59 heavy (non-hydrogen) atoms. The molecule has 11 rings (SSSR count). The number of para-hydroxylation sites is 2. The van der Waals surface area contributed by atoms with Crippen LogP contribution in [0.5, 0.6) is 0 Å². The first-order valence-corrected chi connectivity index (χ1v) is 20.1. The molecule has 3 nitrogen and oxygen atoms in total. The van der Waals surface area contributed by atoms with Crippen LogP contribution >= 0.6 is 0 Å². The van der Waals surface area contributed by atoms with Crippen molar-refractivity contribution in [3.05, 3.63) is 223 Å². The molecule has 0 amide bonds. The zero-order valence-corrected chi connectivity index (χ0v) is 32.3. The smallest absolute Gasteiger partial charge is 0.0991 e. The Morgan fingerprint density at radius 3 is 1.71 bits per heavy atom. The highest BCUT2D eigenvalue weighted by Crippen LogP contribution is 2.40. The third-order valence-electron chi connectivity index (χ3n) is 12.0. The van der Waals surface area contributed by atoms with Gasteiger partial charge in [-0.25, -0.2) is 0 Å². The molecule has 0 N–H and O–H groups in total. The zero-order chi connectivity index (χ0) is 39.5. The second-order valence-corrected chi connectivity index (χ2v) is 15.3. The minimum atomic E-state index is 0.660. The van der Waals surface area contributed by atoms with E-state index in [1.807, 2.05) is 24.3 Å². The number of hydrogen-bond acceptors (Lipinski definition) is 1. The van der Waals surface area contributed by atoms with E-state index in [-0.39, 0.29) is 0 Å². The van der Waals surface area contributed by atoms with Crippen molar-refractivity contribution in [1.82, 2.24) is 9.13 Å². The van der Waals surface area contributed by atoms with Crippen LogP contribution in [-0.2, 0) is 6.42 Å². The van der Waals surface area contributed by atoms with Gasteiger partial charge in [-0.05, 0) is 123 Å². The summed E-state index contributed by atoms with van der Waals surface area (Å²) in [6.45, 7) is 4.54. The minimum absolute atomic E-state index is 0.660. The Hall–Kier alpha value is -7.93. The predicted molar refractivity (Wildman–Crippen MR) is 247 cm³/mol. The average Bonchev–Trinajstić information content (AvgIpc) is 3.81. The highest BCUT2D eigenvalue weighted by Gasteiger charge is 2.18. The lowest BCUT2D eigenvalue weighted by molar-refractivity contribution is 1.18. The first kappa shape index (κ1) is 34.3. The summed E-state index contributed by atoms with van der Waals surface area (Å²) in [4.78, 5) is 0. The SMILES string of the molecule is C=C1/C=C\C(n2c3ccccc3c3cc(-c4ccc5c(c4)c4ccccc4n5-c4cccc(-c5ccc(C#N)cc5)c4)ccc32)=C/Cc2ccccc2-c2ccccc21. The van der Waals surface area contributed by atoms with E-state index < -0.39 is 0 Å². The van der Waals surface area contributed by atoms with Gasteiger partial charge >= 0.3 is 0 Å². The number of hydrogen-bond donors (Lipinski definition) is 0. The Kier molecular flexibility index (Phi) is 8.10. The molecule has 0 atom stereocenters. The Morgan fingerprint density at radius 2 is 1.00 bits per heavy atom. The van der Waals surface area contributed by atoms with Crippen molar-refractivity contribution in [2.45, 2.75) is 6.42 Å². The maximum absolute atomic E-state index is 9.33. The maximum Gasteiger partial charge on any atom is 0.0991 e. The molecule has 1 aliphatic carbocycles. The molecule has 276 valence electrons. The summed E-state index contributed by atoms with van der Waals surface area (Å²) in [6, 6.07) is 67.3. The molecule has 0 saturated carbocycles. The van der Waals surface area contributed by atoms with Crippen molar-refractivity contribution in [1.29, 1.82) is 5.26 Å². The van der Waals surface area contributed by atoms with Crippen LogP contribution in [-0.4, -0.2) is 9.13 Å². The molecular weight excluding hydrogens is 715 g/mol. The quantitative estimate of drug-likeness (QED) is 0.176.